The number of fused-ring (bicyclic) bond motifs is 1. The first-order valence-corrected chi connectivity index (χ1v) is 12.1. The summed E-state index contributed by atoms with van der Waals surface area (Å²) in [6.07, 6.45) is -0.314. The number of nitrogens with two attached hydrogens (primary N) is 2. The fraction of sp³-hybridized carbons (Fsp3) is 0.565. The lowest BCUT2D eigenvalue weighted by Gasteiger charge is -2.34. The maximum atomic E-state index is 13.1. The van der Waals surface area contributed by atoms with E-state index in [4.69, 9.17) is 11.6 Å². The summed E-state index contributed by atoms with van der Waals surface area (Å²) in [5.41, 5.74) is 6.65. The van der Waals surface area contributed by atoms with Gasteiger partial charge in [-0.2, -0.15) is 18.3 Å². The third-order valence-electron chi connectivity index (χ3n) is 6.58. The van der Waals surface area contributed by atoms with Crippen LogP contribution in [-0.2, 0) is 16.1 Å². The standard InChI is InChI=1S/C23H29F5N8O2/c24-22(25)7-13(8-22)5-19(37)34-20(14-1-2-14)15-6-18-33-16(12-36(18)32-10-15)11-31-21(38)17(9-29)35(30)4-3-23(26,27)28/h6,9-10,12-14,20H,1-5,7-8,11,29-30H2,(H,31,38)(H,34,37)/b17-9-. The molecule has 6 N–H and O–H groups in total. The van der Waals surface area contributed by atoms with E-state index in [0.717, 1.165) is 24.6 Å². The second-order valence-corrected chi connectivity index (χ2v) is 9.83. The number of nitrogens with one attached hydrogen (secondary N) is 2. The Kier molecular flexibility index (Phi) is 7.76. The van der Waals surface area contributed by atoms with E-state index in [1.165, 1.54) is 4.52 Å². The van der Waals surface area contributed by atoms with Crippen molar-refractivity contribution in [3.05, 3.63) is 41.6 Å². The van der Waals surface area contributed by atoms with E-state index < -0.39 is 31.0 Å². The van der Waals surface area contributed by atoms with E-state index in [0.29, 0.717) is 16.4 Å². The molecule has 15 heteroatoms. The molecule has 2 fully saturated rings. The summed E-state index contributed by atoms with van der Waals surface area (Å²) < 4.78 is 65.0. The van der Waals surface area contributed by atoms with Crippen LogP contribution < -0.4 is 22.2 Å². The Bertz CT molecular complexity index is 1200. The van der Waals surface area contributed by atoms with Crippen LogP contribution in [0.4, 0.5) is 22.0 Å². The van der Waals surface area contributed by atoms with Gasteiger partial charge in [-0.3, -0.25) is 9.59 Å². The van der Waals surface area contributed by atoms with Gasteiger partial charge in [0.05, 0.1) is 37.1 Å². The van der Waals surface area contributed by atoms with Gasteiger partial charge in [0.1, 0.15) is 5.70 Å². The Morgan fingerprint density at radius 2 is 2.00 bits per heavy atom. The van der Waals surface area contributed by atoms with Crippen molar-refractivity contribution in [1.82, 2.24) is 30.2 Å². The molecular formula is C23H29F5N8O2. The van der Waals surface area contributed by atoms with Gasteiger partial charge in [0.2, 0.25) is 11.8 Å². The van der Waals surface area contributed by atoms with Crippen molar-refractivity contribution in [2.45, 2.75) is 63.2 Å². The normalized spacial score (nSPS) is 18.6. The third kappa shape index (κ3) is 7.08. The SMILES string of the molecule is N/C=C(/C(=O)NCc1cn2ncc(C(NC(=O)CC3CC(F)(F)C3)C3CC3)cc2n1)N(N)CCC(F)(F)F. The first kappa shape index (κ1) is 27.5. The molecule has 2 heterocycles. The number of hydrazine groups is 1. The van der Waals surface area contributed by atoms with Gasteiger partial charge in [0.15, 0.2) is 5.65 Å². The maximum Gasteiger partial charge on any atom is 0.390 e. The molecule has 0 bridgehead atoms. The number of amides is 2. The van der Waals surface area contributed by atoms with Crippen molar-refractivity contribution in [2.24, 2.45) is 23.4 Å². The number of alkyl halides is 5. The number of hydrogen-bond donors (Lipinski definition) is 4. The van der Waals surface area contributed by atoms with Crippen LogP contribution in [0.2, 0.25) is 0 Å². The summed E-state index contributed by atoms with van der Waals surface area (Å²) in [5, 5.41) is 10.4. The number of halogens is 5. The molecule has 2 aromatic rings. The maximum absolute atomic E-state index is 13.1. The number of aromatic nitrogens is 3. The molecule has 38 heavy (non-hydrogen) atoms. The summed E-state index contributed by atoms with van der Waals surface area (Å²) in [6.45, 7) is -0.719. The van der Waals surface area contributed by atoms with Crippen LogP contribution >= 0.6 is 0 Å². The summed E-state index contributed by atoms with van der Waals surface area (Å²) in [5.74, 6) is 1.73. The van der Waals surface area contributed by atoms with Gasteiger partial charge in [-0.05, 0) is 36.3 Å². The highest BCUT2D eigenvalue weighted by Crippen LogP contribution is 2.45. The smallest absolute Gasteiger partial charge is 0.390 e. The van der Waals surface area contributed by atoms with E-state index in [1.807, 2.05) is 0 Å². The molecular weight excluding hydrogens is 515 g/mol. The zero-order valence-electron chi connectivity index (χ0n) is 20.3. The van der Waals surface area contributed by atoms with Gasteiger partial charge in [-0.25, -0.2) is 24.1 Å². The third-order valence-corrected chi connectivity index (χ3v) is 6.58. The molecule has 2 saturated carbocycles. The van der Waals surface area contributed by atoms with Crippen LogP contribution in [0.25, 0.3) is 5.65 Å². The molecule has 2 aliphatic rings. The first-order valence-electron chi connectivity index (χ1n) is 12.1. The molecule has 0 radical (unpaired) electrons. The molecule has 0 saturated heterocycles. The molecule has 4 rings (SSSR count). The molecule has 1 atom stereocenters. The predicted molar refractivity (Wildman–Crippen MR) is 125 cm³/mol. The highest BCUT2D eigenvalue weighted by Gasteiger charge is 2.46. The van der Waals surface area contributed by atoms with Crippen LogP contribution in [0, 0.1) is 11.8 Å². The van der Waals surface area contributed by atoms with Crippen LogP contribution in [-0.4, -0.2) is 50.1 Å². The van der Waals surface area contributed by atoms with Crippen LogP contribution in [0.5, 0.6) is 0 Å². The minimum absolute atomic E-state index is 0.0530. The average molecular weight is 545 g/mol. The first-order chi connectivity index (χ1) is 17.8. The molecule has 208 valence electrons. The molecule has 0 aliphatic heterocycles. The van der Waals surface area contributed by atoms with Crippen LogP contribution in [0.1, 0.15) is 55.8 Å². The minimum Gasteiger partial charge on any atom is -0.403 e. The molecule has 2 amide bonds. The molecule has 1 unspecified atom stereocenters. The Balaban J connectivity index is 1.36. The molecule has 2 aliphatic carbocycles. The van der Waals surface area contributed by atoms with E-state index >= 15 is 0 Å². The molecule has 10 nitrogen and oxygen atoms in total. The Labute approximate surface area is 214 Å². The van der Waals surface area contributed by atoms with Crippen molar-refractivity contribution in [3.8, 4) is 0 Å². The highest BCUT2D eigenvalue weighted by molar-refractivity contribution is 5.92. The largest absolute Gasteiger partial charge is 0.403 e. The second kappa shape index (κ2) is 10.7. The average Bonchev–Trinajstić information content (AvgIpc) is 3.57. The molecule has 0 aromatic carbocycles. The molecule has 2 aromatic heterocycles. The predicted octanol–water partition coefficient (Wildman–Crippen LogP) is 2.28. The lowest BCUT2D eigenvalue weighted by atomic mass is 9.79. The van der Waals surface area contributed by atoms with E-state index in [2.05, 4.69) is 20.7 Å². The Morgan fingerprint density at radius 1 is 1.29 bits per heavy atom. The Hall–Kier alpha value is -3.49. The van der Waals surface area contributed by atoms with Gasteiger partial charge in [-0.15, -0.1) is 0 Å². The summed E-state index contributed by atoms with van der Waals surface area (Å²) in [4.78, 5) is 29.3. The topological polar surface area (TPSA) is 144 Å². The number of nitrogens with zero attached hydrogens (tertiary/aromatic N) is 4. The van der Waals surface area contributed by atoms with E-state index in [1.54, 1.807) is 18.5 Å². The zero-order chi connectivity index (χ0) is 27.7. The highest BCUT2D eigenvalue weighted by atomic mass is 19.4. The number of imidazole rings is 1. The fourth-order valence-corrected chi connectivity index (χ4v) is 4.45. The number of carbonyl (C=O) groups excluding carboxylic acids is 2. The fourth-order valence-electron chi connectivity index (χ4n) is 4.45. The lowest BCUT2D eigenvalue weighted by Crippen LogP contribution is -2.41. The van der Waals surface area contributed by atoms with Gasteiger partial charge in [-0.1, -0.05) is 0 Å². The van der Waals surface area contributed by atoms with Crippen molar-refractivity contribution >= 4 is 17.5 Å². The van der Waals surface area contributed by atoms with Crippen molar-refractivity contribution in [1.29, 1.82) is 0 Å². The second-order valence-electron chi connectivity index (χ2n) is 9.83. The van der Waals surface area contributed by atoms with E-state index in [-0.39, 0.29) is 55.3 Å². The number of rotatable bonds is 11. The van der Waals surface area contributed by atoms with Crippen molar-refractivity contribution in [2.75, 3.05) is 6.54 Å². The van der Waals surface area contributed by atoms with E-state index in [9.17, 15) is 31.5 Å². The van der Waals surface area contributed by atoms with Gasteiger partial charge < -0.3 is 21.4 Å². The van der Waals surface area contributed by atoms with Gasteiger partial charge >= 0.3 is 6.18 Å². The summed E-state index contributed by atoms with van der Waals surface area (Å²) in [7, 11) is 0. The lowest BCUT2D eigenvalue weighted by molar-refractivity contribution is -0.138. The molecule has 0 spiro atoms. The van der Waals surface area contributed by atoms with Gasteiger partial charge in [0.25, 0.3) is 5.91 Å². The number of carbonyl (C=O) groups is 2. The van der Waals surface area contributed by atoms with Crippen LogP contribution in [0.15, 0.2) is 30.4 Å². The quantitative estimate of drug-likeness (QED) is 0.147. The van der Waals surface area contributed by atoms with Crippen molar-refractivity contribution < 1.29 is 31.5 Å². The number of hydrogen-bond acceptors (Lipinski definition) is 7. The Morgan fingerprint density at radius 3 is 2.61 bits per heavy atom. The minimum atomic E-state index is -4.44. The zero-order valence-corrected chi connectivity index (χ0v) is 20.3. The van der Waals surface area contributed by atoms with Crippen LogP contribution in [0.3, 0.4) is 0 Å². The summed E-state index contributed by atoms with van der Waals surface area (Å²) >= 11 is 0. The van der Waals surface area contributed by atoms with Crippen molar-refractivity contribution in [3.63, 3.8) is 0 Å². The summed E-state index contributed by atoms with van der Waals surface area (Å²) in [6, 6.07) is 1.44. The van der Waals surface area contributed by atoms with Gasteiger partial charge in [0, 0.05) is 32.0 Å². The monoisotopic (exact) mass is 544 g/mol.